The minimum atomic E-state index is 0.244. The molecular weight excluding hydrogens is 238 g/mol. The lowest BCUT2D eigenvalue weighted by Gasteiger charge is -2.36. The van der Waals surface area contributed by atoms with Gasteiger partial charge in [-0.05, 0) is 52.0 Å². The second-order valence-corrected chi connectivity index (χ2v) is 5.71. The summed E-state index contributed by atoms with van der Waals surface area (Å²) in [5.41, 5.74) is 8.65. The molecule has 19 heavy (non-hydrogen) atoms. The number of aryl methyl sites for hydroxylation is 2. The molecule has 1 aromatic heterocycles. The maximum Gasteiger partial charge on any atom is 0.0596 e. The Labute approximate surface area is 116 Å². The van der Waals surface area contributed by atoms with Crippen LogP contribution in [0.1, 0.15) is 44.5 Å². The van der Waals surface area contributed by atoms with Crippen LogP contribution in [0.3, 0.4) is 0 Å². The fourth-order valence-corrected chi connectivity index (χ4v) is 3.06. The van der Waals surface area contributed by atoms with Crippen molar-refractivity contribution >= 4 is 0 Å². The van der Waals surface area contributed by atoms with Crippen molar-refractivity contribution < 1.29 is 4.74 Å². The lowest BCUT2D eigenvalue weighted by Crippen LogP contribution is -2.36. The topological polar surface area (TPSA) is 53.1 Å². The summed E-state index contributed by atoms with van der Waals surface area (Å²) in [5.74, 6) is 0.755. The van der Waals surface area contributed by atoms with Crippen molar-refractivity contribution in [2.24, 2.45) is 11.7 Å². The van der Waals surface area contributed by atoms with Gasteiger partial charge in [0.15, 0.2) is 0 Å². The quantitative estimate of drug-likeness (QED) is 0.823. The molecule has 1 unspecified atom stereocenters. The van der Waals surface area contributed by atoms with Gasteiger partial charge in [-0.3, -0.25) is 4.68 Å². The van der Waals surface area contributed by atoms with Crippen molar-refractivity contribution in [3.8, 4) is 0 Å². The maximum atomic E-state index is 6.29. The molecule has 4 nitrogen and oxygen atoms in total. The molecule has 0 spiro atoms. The minimum absolute atomic E-state index is 0.244. The highest BCUT2D eigenvalue weighted by atomic mass is 16.5. The molecule has 1 aliphatic rings. The predicted molar refractivity (Wildman–Crippen MR) is 77.1 cm³/mol. The van der Waals surface area contributed by atoms with E-state index in [9.17, 15) is 0 Å². The second kappa shape index (κ2) is 6.53. The van der Waals surface area contributed by atoms with Gasteiger partial charge in [0.25, 0.3) is 0 Å². The van der Waals surface area contributed by atoms with E-state index in [-0.39, 0.29) is 6.04 Å². The van der Waals surface area contributed by atoms with E-state index in [2.05, 4.69) is 29.7 Å². The number of aromatic nitrogens is 2. The predicted octanol–water partition coefficient (Wildman–Crippen LogP) is 2.29. The fraction of sp³-hybridized carbons (Fsp3) is 0.800. The first-order valence-electron chi connectivity index (χ1n) is 7.52. The Hall–Kier alpha value is -0.870. The van der Waals surface area contributed by atoms with Crippen molar-refractivity contribution in [1.29, 1.82) is 0 Å². The van der Waals surface area contributed by atoms with E-state index in [1.54, 1.807) is 0 Å². The molecule has 0 radical (unpaired) electrons. The van der Waals surface area contributed by atoms with Crippen LogP contribution in [0, 0.1) is 12.8 Å². The molecule has 0 aliphatic heterocycles. The van der Waals surface area contributed by atoms with Crippen LogP contribution in [0.25, 0.3) is 0 Å². The molecule has 1 aromatic rings. The number of hydrogen-bond acceptors (Lipinski definition) is 3. The molecule has 1 saturated carbocycles. The number of nitrogens with zero attached hydrogens (tertiary/aromatic N) is 2. The van der Waals surface area contributed by atoms with E-state index in [1.165, 1.54) is 18.5 Å². The van der Waals surface area contributed by atoms with Gasteiger partial charge < -0.3 is 10.5 Å². The number of hydrogen-bond donors (Lipinski definition) is 1. The standard InChI is InChI=1S/C15H27N3O/c1-4-18-14(6-11(3)17-18)10-13(16)7-12-8-15(9-12)19-5-2/h6,12-13,15H,4-5,7-10,16H2,1-3H3. The van der Waals surface area contributed by atoms with Gasteiger partial charge in [-0.15, -0.1) is 0 Å². The Bertz CT molecular complexity index is 396. The summed E-state index contributed by atoms with van der Waals surface area (Å²) in [6.45, 7) is 7.98. The maximum absolute atomic E-state index is 6.29. The molecule has 1 heterocycles. The Morgan fingerprint density at radius 3 is 2.84 bits per heavy atom. The monoisotopic (exact) mass is 265 g/mol. The average Bonchev–Trinajstić information content (AvgIpc) is 2.66. The van der Waals surface area contributed by atoms with Crippen molar-refractivity contribution in [2.45, 2.75) is 65.1 Å². The first-order valence-corrected chi connectivity index (χ1v) is 7.52. The third-order valence-electron chi connectivity index (χ3n) is 3.99. The van der Waals surface area contributed by atoms with Gasteiger partial charge in [0.1, 0.15) is 0 Å². The third-order valence-corrected chi connectivity index (χ3v) is 3.99. The van der Waals surface area contributed by atoms with Crippen molar-refractivity contribution in [2.75, 3.05) is 6.61 Å². The normalized spacial score (nSPS) is 24.2. The number of ether oxygens (including phenoxy) is 1. The lowest BCUT2D eigenvalue weighted by atomic mass is 9.78. The number of nitrogens with two attached hydrogens (primary N) is 1. The SMILES string of the molecule is CCOC1CC(CC(N)Cc2cc(C)nn2CC)C1. The third kappa shape index (κ3) is 3.80. The summed E-state index contributed by atoms with van der Waals surface area (Å²) in [7, 11) is 0. The van der Waals surface area contributed by atoms with E-state index in [0.29, 0.717) is 6.10 Å². The first kappa shape index (κ1) is 14.5. The molecule has 1 fully saturated rings. The molecule has 1 atom stereocenters. The molecule has 2 N–H and O–H groups in total. The van der Waals surface area contributed by atoms with Crippen LogP contribution in [-0.4, -0.2) is 28.5 Å². The summed E-state index contributed by atoms with van der Waals surface area (Å²) in [4.78, 5) is 0. The van der Waals surface area contributed by atoms with Crippen LogP contribution in [-0.2, 0) is 17.7 Å². The van der Waals surface area contributed by atoms with E-state index in [4.69, 9.17) is 10.5 Å². The highest BCUT2D eigenvalue weighted by Crippen LogP contribution is 2.33. The van der Waals surface area contributed by atoms with Crippen LogP contribution < -0.4 is 5.73 Å². The zero-order valence-corrected chi connectivity index (χ0v) is 12.4. The highest BCUT2D eigenvalue weighted by molar-refractivity contribution is 5.10. The van der Waals surface area contributed by atoms with E-state index in [1.807, 2.05) is 6.92 Å². The van der Waals surface area contributed by atoms with Crippen molar-refractivity contribution in [3.05, 3.63) is 17.5 Å². The van der Waals surface area contributed by atoms with Gasteiger partial charge in [0, 0.05) is 31.3 Å². The first-order chi connectivity index (χ1) is 9.12. The molecule has 4 heteroatoms. The molecule has 108 valence electrons. The Morgan fingerprint density at radius 1 is 1.47 bits per heavy atom. The molecule has 2 rings (SSSR count). The van der Waals surface area contributed by atoms with Crippen LogP contribution >= 0.6 is 0 Å². The molecule has 0 aromatic carbocycles. The highest BCUT2D eigenvalue weighted by Gasteiger charge is 2.30. The Balaban J connectivity index is 1.77. The van der Waals surface area contributed by atoms with Gasteiger partial charge in [0.05, 0.1) is 11.8 Å². The Morgan fingerprint density at radius 2 is 2.21 bits per heavy atom. The van der Waals surface area contributed by atoms with Gasteiger partial charge in [-0.25, -0.2) is 0 Å². The average molecular weight is 265 g/mol. The molecule has 0 bridgehead atoms. The van der Waals surface area contributed by atoms with Gasteiger partial charge in [-0.1, -0.05) is 0 Å². The van der Waals surface area contributed by atoms with Crippen LogP contribution in [0.5, 0.6) is 0 Å². The van der Waals surface area contributed by atoms with Gasteiger partial charge in [0.2, 0.25) is 0 Å². The smallest absolute Gasteiger partial charge is 0.0596 e. The van der Waals surface area contributed by atoms with Crippen LogP contribution in [0.4, 0.5) is 0 Å². The summed E-state index contributed by atoms with van der Waals surface area (Å²) < 4.78 is 7.66. The van der Waals surface area contributed by atoms with Crippen molar-refractivity contribution in [1.82, 2.24) is 9.78 Å². The van der Waals surface area contributed by atoms with E-state index < -0.39 is 0 Å². The van der Waals surface area contributed by atoms with Crippen molar-refractivity contribution in [3.63, 3.8) is 0 Å². The van der Waals surface area contributed by atoms with E-state index in [0.717, 1.165) is 37.6 Å². The summed E-state index contributed by atoms with van der Waals surface area (Å²) in [6.07, 6.45) is 4.91. The number of rotatable bonds is 7. The largest absolute Gasteiger partial charge is 0.378 e. The van der Waals surface area contributed by atoms with E-state index >= 15 is 0 Å². The minimum Gasteiger partial charge on any atom is -0.378 e. The van der Waals surface area contributed by atoms with Gasteiger partial charge >= 0.3 is 0 Å². The zero-order chi connectivity index (χ0) is 13.8. The molecule has 1 aliphatic carbocycles. The second-order valence-electron chi connectivity index (χ2n) is 5.71. The van der Waals surface area contributed by atoms with Gasteiger partial charge in [-0.2, -0.15) is 5.10 Å². The molecule has 0 saturated heterocycles. The molecule has 0 amide bonds. The van der Waals surface area contributed by atoms with Crippen LogP contribution in [0.15, 0.2) is 6.07 Å². The Kier molecular flexibility index (Phi) is 4.99. The zero-order valence-electron chi connectivity index (χ0n) is 12.4. The van der Waals surface area contributed by atoms with Crippen LogP contribution in [0.2, 0.25) is 0 Å². The summed E-state index contributed by atoms with van der Waals surface area (Å²) >= 11 is 0. The summed E-state index contributed by atoms with van der Waals surface area (Å²) in [5, 5.41) is 4.47. The summed E-state index contributed by atoms with van der Waals surface area (Å²) in [6, 6.07) is 2.40. The lowest BCUT2D eigenvalue weighted by molar-refractivity contribution is -0.0281. The molecular formula is C15H27N3O. The fourth-order valence-electron chi connectivity index (χ4n) is 3.06.